The third-order valence-corrected chi connectivity index (χ3v) is 2.82. The summed E-state index contributed by atoms with van der Waals surface area (Å²) in [6.45, 7) is 0. The molecule has 0 aromatic heterocycles. The second-order valence-electron chi connectivity index (χ2n) is 3.58. The summed E-state index contributed by atoms with van der Waals surface area (Å²) in [5.74, 6) is -1.77. The molecule has 0 aliphatic heterocycles. The molecule has 1 atom stereocenters. The lowest BCUT2D eigenvalue weighted by Gasteiger charge is -2.13. The second kappa shape index (κ2) is 4.82. The maximum Gasteiger partial charge on any atom is 0.150 e. The number of halogens is 3. The van der Waals surface area contributed by atoms with Crippen LogP contribution in [-0.2, 0) is 0 Å². The summed E-state index contributed by atoms with van der Waals surface area (Å²) >= 11 is 5.45. The average Bonchev–Trinajstić information content (AvgIpc) is 2.36. The molecule has 0 amide bonds. The highest BCUT2D eigenvalue weighted by Gasteiger charge is 2.18. The van der Waals surface area contributed by atoms with Crippen molar-refractivity contribution in [1.29, 1.82) is 0 Å². The Hall–Kier alpha value is -1.45. The molecule has 88 valence electrons. The minimum atomic E-state index is -1.16. The minimum absolute atomic E-state index is 0.0393. The van der Waals surface area contributed by atoms with Crippen LogP contribution in [0, 0.1) is 11.6 Å². The maximum atomic E-state index is 13.7. The largest absolute Gasteiger partial charge is 0.384 e. The van der Waals surface area contributed by atoms with Crippen molar-refractivity contribution in [2.24, 2.45) is 0 Å². The van der Waals surface area contributed by atoms with Gasteiger partial charge in [0.05, 0.1) is 0 Å². The molecule has 0 heterocycles. The highest BCUT2D eigenvalue weighted by atomic mass is 35.5. The molecular formula is C13H9ClF2O. The normalized spacial score (nSPS) is 12.5. The molecule has 0 radical (unpaired) electrons. The van der Waals surface area contributed by atoms with Gasteiger partial charge in [0.2, 0.25) is 0 Å². The van der Waals surface area contributed by atoms with Gasteiger partial charge in [0.25, 0.3) is 0 Å². The van der Waals surface area contributed by atoms with Crippen LogP contribution in [-0.4, -0.2) is 5.11 Å². The fourth-order valence-corrected chi connectivity index (χ4v) is 1.74. The molecule has 2 aromatic rings. The van der Waals surface area contributed by atoms with E-state index in [1.165, 1.54) is 6.07 Å². The summed E-state index contributed by atoms with van der Waals surface area (Å²) in [5, 5.41) is 9.37. The molecule has 2 rings (SSSR count). The Morgan fingerprint density at radius 3 is 2.29 bits per heavy atom. The van der Waals surface area contributed by atoms with Crippen molar-refractivity contribution in [1.82, 2.24) is 0 Å². The minimum Gasteiger partial charge on any atom is -0.384 e. The highest BCUT2D eigenvalue weighted by molar-refractivity contribution is 6.30. The van der Waals surface area contributed by atoms with E-state index in [0.29, 0.717) is 5.56 Å². The van der Waals surface area contributed by atoms with Gasteiger partial charge in [-0.15, -0.1) is 0 Å². The number of aliphatic hydroxyl groups excluding tert-OH is 1. The number of benzene rings is 2. The predicted molar refractivity (Wildman–Crippen MR) is 61.9 cm³/mol. The van der Waals surface area contributed by atoms with Gasteiger partial charge in [-0.1, -0.05) is 48.0 Å². The molecule has 4 heteroatoms. The third-order valence-electron chi connectivity index (χ3n) is 2.47. The van der Waals surface area contributed by atoms with Crippen LogP contribution in [0.4, 0.5) is 8.78 Å². The van der Waals surface area contributed by atoms with Gasteiger partial charge in [0.15, 0.2) is 5.82 Å². The van der Waals surface area contributed by atoms with Crippen molar-refractivity contribution in [2.75, 3.05) is 0 Å². The van der Waals surface area contributed by atoms with E-state index in [1.807, 2.05) is 0 Å². The van der Waals surface area contributed by atoms with Crippen LogP contribution in [0.3, 0.4) is 0 Å². The molecule has 0 aliphatic rings. The first-order valence-electron chi connectivity index (χ1n) is 4.97. The van der Waals surface area contributed by atoms with Gasteiger partial charge in [-0.2, -0.15) is 0 Å². The zero-order valence-corrected chi connectivity index (χ0v) is 9.46. The Morgan fingerprint density at radius 2 is 1.65 bits per heavy atom. The van der Waals surface area contributed by atoms with E-state index in [1.54, 1.807) is 30.3 Å². The second-order valence-corrected chi connectivity index (χ2v) is 3.96. The lowest BCUT2D eigenvalue weighted by Crippen LogP contribution is -2.03. The van der Waals surface area contributed by atoms with Crippen molar-refractivity contribution in [2.45, 2.75) is 6.10 Å². The molecule has 0 aliphatic carbocycles. The van der Waals surface area contributed by atoms with Gasteiger partial charge in [-0.3, -0.25) is 0 Å². The molecular weight excluding hydrogens is 246 g/mol. The van der Waals surface area contributed by atoms with E-state index in [9.17, 15) is 13.9 Å². The first-order chi connectivity index (χ1) is 8.11. The molecule has 0 spiro atoms. The lowest BCUT2D eigenvalue weighted by molar-refractivity contribution is 0.214. The van der Waals surface area contributed by atoms with Gasteiger partial charge in [-0.05, 0) is 11.6 Å². The molecule has 2 aromatic carbocycles. The standard InChI is InChI=1S/C13H9ClF2O/c14-11-10(15)7-6-9(12(11)16)13(17)8-4-2-1-3-5-8/h1-7,13,17H. The van der Waals surface area contributed by atoms with E-state index >= 15 is 0 Å². The first-order valence-corrected chi connectivity index (χ1v) is 5.35. The zero-order chi connectivity index (χ0) is 12.4. The molecule has 1 N–H and O–H groups in total. The van der Waals surface area contributed by atoms with Crippen molar-refractivity contribution in [3.63, 3.8) is 0 Å². The quantitative estimate of drug-likeness (QED) is 0.810. The number of aliphatic hydroxyl groups is 1. The van der Waals surface area contributed by atoms with E-state index in [0.717, 1.165) is 6.07 Å². The van der Waals surface area contributed by atoms with Gasteiger partial charge in [0, 0.05) is 5.56 Å². The van der Waals surface area contributed by atoms with Gasteiger partial charge in [-0.25, -0.2) is 8.78 Å². The summed E-state index contributed by atoms with van der Waals surface area (Å²) in [7, 11) is 0. The topological polar surface area (TPSA) is 20.2 Å². The molecule has 0 saturated carbocycles. The van der Waals surface area contributed by atoms with E-state index in [-0.39, 0.29) is 5.56 Å². The Morgan fingerprint density at radius 1 is 1.00 bits per heavy atom. The Kier molecular flexibility index (Phi) is 3.41. The van der Waals surface area contributed by atoms with Gasteiger partial charge >= 0.3 is 0 Å². The Bertz CT molecular complexity index is 528. The fraction of sp³-hybridized carbons (Fsp3) is 0.0769. The van der Waals surface area contributed by atoms with Crippen molar-refractivity contribution in [3.8, 4) is 0 Å². The zero-order valence-electron chi connectivity index (χ0n) is 8.70. The smallest absolute Gasteiger partial charge is 0.150 e. The van der Waals surface area contributed by atoms with Crippen LogP contribution in [0.25, 0.3) is 0 Å². The van der Waals surface area contributed by atoms with Crippen molar-refractivity contribution < 1.29 is 13.9 Å². The van der Waals surface area contributed by atoms with Crippen molar-refractivity contribution >= 4 is 11.6 Å². The summed E-state index contributed by atoms with van der Waals surface area (Å²) in [4.78, 5) is 0. The summed E-state index contributed by atoms with van der Waals surface area (Å²) < 4.78 is 26.6. The maximum absolute atomic E-state index is 13.7. The fourth-order valence-electron chi connectivity index (χ4n) is 1.57. The van der Waals surface area contributed by atoms with E-state index in [4.69, 9.17) is 11.6 Å². The van der Waals surface area contributed by atoms with Crippen LogP contribution in [0.2, 0.25) is 5.02 Å². The summed E-state index contributed by atoms with van der Waals surface area (Å²) in [6.07, 6.45) is -1.16. The molecule has 17 heavy (non-hydrogen) atoms. The molecule has 0 saturated heterocycles. The van der Waals surface area contributed by atoms with Gasteiger partial charge < -0.3 is 5.11 Å². The van der Waals surface area contributed by atoms with Crippen LogP contribution in [0.1, 0.15) is 17.2 Å². The monoisotopic (exact) mass is 254 g/mol. The summed E-state index contributed by atoms with van der Waals surface area (Å²) in [5.41, 5.74) is 0.483. The molecule has 1 nitrogen and oxygen atoms in total. The molecule has 0 fully saturated rings. The third kappa shape index (κ3) is 2.30. The molecule has 0 bridgehead atoms. The number of hydrogen-bond acceptors (Lipinski definition) is 1. The Labute approximate surface area is 102 Å². The number of hydrogen-bond donors (Lipinski definition) is 1. The average molecular weight is 255 g/mol. The van der Waals surface area contributed by atoms with Crippen molar-refractivity contribution in [3.05, 3.63) is 70.2 Å². The SMILES string of the molecule is OC(c1ccccc1)c1ccc(F)c(Cl)c1F. The Balaban J connectivity index is 2.45. The van der Waals surface area contributed by atoms with Crippen LogP contribution >= 0.6 is 11.6 Å². The lowest BCUT2D eigenvalue weighted by atomic mass is 10.0. The van der Waals surface area contributed by atoms with E-state index < -0.39 is 22.8 Å². The van der Waals surface area contributed by atoms with Gasteiger partial charge in [0.1, 0.15) is 16.9 Å². The molecule has 1 unspecified atom stereocenters. The van der Waals surface area contributed by atoms with Crippen LogP contribution < -0.4 is 0 Å². The first kappa shape index (κ1) is 12.0. The van der Waals surface area contributed by atoms with Crippen LogP contribution in [0.15, 0.2) is 42.5 Å². The number of rotatable bonds is 2. The van der Waals surface area contributed by atoms with Crippen LogP contribution in [0.5, 0.6) is 0 Å². The van der Waals surface area contributed by atoms with E-state index in [2.05, 4.69) is 0 Å². The highest BCUT2D eigenvalue weighted by Crippen LogP contribution is 2.29. The summed E-state index contributed by atoms with van der Waals surface area (Å²) in [6, 6.07) is 10.8. The predicted octanol–water partition coefficient (Wildman–Crippen LogP) is 3.70.